The maximum Gasteiger partial charge on any atom is 0.252 e. The van der Waals surface area contributed by atoms with E-state index in [4.69, 9.17) is 0 Å². The highest BCUT2D eigenvalue weighted by molar-refractivity contribution is 5.94. The molecule has 1 saturated carbocycles. The molecular weight excluding hydrogens is 414 g/mol. The van der Waals surface area contributed by atoms with Crippen LogP contribution in [0.25, 0.3) is 5.65 Å². The highest BCUT2D eigenvalue weighted by Gasteiger charge is 2.35. The number of nitrogens with zero attached hydrogens (tertiary/aromatic N) is 6. The summed E-state index contributed by atoms with van der Waals surface area (Å²) in [6, 6.07) is 8.24. The number of hydrogen-bond acceptors (Lipinski definition) is 6. The summed E-state index contributed by atoms with van der Waals surface area (Å²) in [7, 11) is 0. The number of pyridine rings is 2. The lowest BCUT2D eigenvalue weighted by molar-refractivity contribution is 0.0437. The van der Waals surface area contributed by atoms with Crippen LogP contribution in [0.1, 0.15) is 54.5 Å². The van der Waals surface area contributed by atoms with Gasteiger partial charge in [-0.1, -0.05) is 0 Å². The van der Waals surface area contributed by atoms with Crippen molar-refractivity contribution in [2.24, 2.45) is 5.92 Å². The number of rotatable bonds is 8. The summed E-state index contributed by atoms with van der Waals surface area (Å²) < 4.78 is 2.01. The van der Waals surface area contributed by atoms with Crippen molar-refractivity contribution in [3.63, 3.8) is 0 Å². The fourth-order valence-electron chi connectivity index (χ4n) is 4.77. The normalized spacial score (nSPS) is 19.9. The van der Waals surface area contributed by atoms with E-state index in [-0.39, 0.29) is 11.9 Å². The molecule has 4 heterocycles. The monoisotopic (exact) mass is 447 g/mol. The Morgan fingerprint density at radius 1 is 1.12 bits per heavy atom. The van der Waals surface area contributed by atoms with E-state index in [1.54, 1.807) is 12.4 Å². The van der Waals surface area contributed by atoms with Gasteiger partial charge in [0.25, 0.3) is 5.91 Å². The van der Waals surface area contributed by atoms with Crippen molar-refractivity contribution in [3.8, 4) is 0 Å². The molecule has 0 aromatic carbocycles. The number of piperazine rings is 1. The summed E-state index contributed by atoms with van der Waals surface area (Å²) in [4.78, 5) is 22.0. The highest BCUT2D eigenvalue weighted by Crippen LogP contribution is 2.33. The highest BCUT2D eigenvalue weighted by atomic mass is 16.1. The maximum absolute atomic E-state index is 12.8. The second-order valence-electron chi connectivity index (χ2n) is 9.62. The summed E-state index contributed by atoms with van der Waals surface area (Å²) in [6.45, 7) is 9.34. The zero-order valence-corrected chi connectivity index (χ0v) is 19.5. The third-order valence-electron chi connectivity index (χ3n) is 6.82. The third-order valence-corrected chi connectivity index (χ3v) is 6.82. The van der Waals surface area contributed by atoms with Crippen LogP contribution in [0.5, 0.6) is 0 Å². The van der Waals surface area contributed by atoms with Crippen molar-refractivity contribution in [2.45, 2.75) is 45.2 Å². The second kappa shape index (κ2) is 9.57. The molecular formula is C25H33N7O. The predicted molar refractivity (Wildman–Crippen MR) is 127 cm³/mol. The molecule has 1 N–H and O–H groups in total. The number of amides is 1. The van der Waals surface area contributed by atoms with E-state index in [0.717, 1.165) is 49.0 Å². The van der Waals surface area contributed by atoms with Gasteiger partial charge in [0.15, 0.2) is 11.5 Å². The van der Waals surface area contributed by atoms with Gasteiger partial charge in [-0.25, -0.2) is 0 Å². The number of nitrogens with one attached hydrogen (secondary N) is 1. The molecule has 0 bridgehead atoms. The van der Waals surface area contributed by atoms with Gasteiger partial charge in [-0.05, 0) is 68.9 Å². The minimum absolute atomic E-state index is 0.0784. The van der Waals surface area contributed by atoms with Crippen molar-refractivity contribution in [3.05, 3.63) is 59.8 Å². The molecule has 1 saturated heterocycles. The maximum atomic E-state index is 12.8. The van der Waals surface area contributed by atoms with E-state index in [9.17, 15) is 4.79 Å². The fraction of sp³-hybridized carbons (Fsp3) is 0.520. The van der Waals surface area contributed by atoms with Gasteiger partial charge in [0.1, 0.15) is 0 Å². The first-order valence-corrected chi connectivity index (χ1v) is 12.1. The number of fused-ring (bicyclic) bond motifs is 1. The number of aromatic nitrogens is 4. The van der Waals surface area contributed by atoms with Gasteiger partial charge in [0.05, 0.1) is 11.6 Å². The Morgan fingerprint density at radius 2 is 1.94 bits per heavy atom. The van der Waals surface area contributed by atoms with Crippen molar-refractivity contribution in [1.29, 1.82) is 0 Å². The first-order valence-electron chi connectivity index (χ1n) is 12.1. The molecule has 5 rings (SSSR count). The minimum atomic E-state index is -0.0784. The molecule has 1 amide bonds. The average Bonchev–Trinajstić information content (AvgIpc) is 3.54. The molecule has 1 atom stereocenters. The quantitative estimate of drug-likeness (QED) is 0.572. The lowest BCUT2D eigenvalue weighted by atomic mass is 10.1. The Kier molecular flexibility index (Phi) is 6.37. The van der Waals surface area contributed by atoms with Crippen LogP contribution in [-0.2, 0) is 6.42 Å². The lowest BCUT2D eigenvalue weighted by Gasteiger charge is -2.42. The molecule has 0 spiro atoms. The molecule has 2 fully saturated rings. The van der Waals surface area contributed by atoms with E-state index in [0.29, 0.717) is 18.2 Å². The number of carbonyl (C=O) groups excluding carboxylic acids is 1. The average molecular weight is 448 g/mol. The van der Waals surface area contributed by atoms with Crippen molar-refractivity contribution in [1.82, 2.24) is 34.7 Å². The Hall–Kier alpha value is -2.84. The molecule has 33 heavy (non-hydrogen) atoms. The van der Waals surface area contributed by atoms with E-state index >= 15 is 0 Å². The molecule has 1 aliphatic heterocycles. The van der Waals surface area contributed by atoms with Gasteiger partial charge in [-0.15, -0.1) is 10.2 Å². The Labute approximate surface area is 195 Å². The summed E-state index contributed by atoms with van der Waals surface area (Å²) >= 11 is 0. The number of hydrogen-bond donors (Lipinski definition) is 1. The van der Waals surface area contributed by atoms with Crippen LogP contribution in [0.4, 0.5) is 0 Å². The standard InChI is InChI=1S/C25H33N7O/c1-18(2)31-14-13-30(15-20-3-4-20)17-22(31)24-29-28-23-6-5-21(16-32(23)24)25(33)27-12-9-19-7-10-26-11-8-19/h5-8,10-11,16,18,20,22H,3-4,9,12-15,17H2,1-2H3,(H,27,33). The van der Waals surface area contributed by atoms with Gasteiger partial charge in [-0.3, -0.25) is 24.0 Å². The zero-order valence-electron chi connectivity index (χ0n) is 19.5. The number of carbonyl (C=O) groups is 1. The second-order valence-corrected chi connectivity index (χ2v) is 9.62. The molecule has 8 nitrogen and oxygen atoms in total. The molecule has 3 aromatic rings. The van der Waals surface area contributed by atoms with Crippen molar-refractivity contribution >= 4 is 11.6 Å². The minimum Gasteiger partial charge on any atom is -0.352 e. The largest absolute Gasteiger partial charge is 0.352 e. The van der Waals surface area contributed by atoms with Crippen LogP contribution in [0.2, 0.25) is 0 Å². The summed E-state index contributed by atoms with van der Waals surface area (Å²) in [5.41, 5.74) is 2.56. The first-order chi connectivity index (χ1) is 16.1. The molecule has 1 unspecified atom stereocenters. The molecule has 1 aliphatic carbocycles. The van der Waals surface area contributed by atoms with Crippen LogP contribution in [-0.4, -0.2) is 74.1 Å². The molecule has 0 radical (unpaired) electrons. The van der Waals surface area contributed by atoms with Gasteiger partial charge in [0.2, 0.25) is 0 Å². The Bertz CT molecular complexity index is 1090. The fourth-order valence-corrected chi connectivity index (χ4v) is 4.77. The molecule has 174 valence electrons. The summed E-state index contributed by atoms with van der Waals surface area (Å²) in [6.07, 6.45) is 8.94. The van der Waals surface area contributed by atoms with Gasteiger partial charge < -0.3 is 5.32 Å². The molecule has 2 aliphatic rings. The summed E-state index contributed by atoms with van der Waals surface area (Å²) in [5, 5.41) is 12.0. The van der Waals surface area contributed by atoms with E-state index in [1.807, 2.05) is 34.9 Å². The lowest BCUT2D eigenvalue weighted by Crippen LogP contribution is -2.51. The van der Waals surface area contributed by atoms with Gasteiger partial charge >= 0.3 is 0 Å². The van der Waals surface area contributed by atoms with Crippen LogP contribution in [0.3, 0.4) is 0 Å². The first kappa shape index (κ1) is 22.0. The van der Waals surface area contributed by atoms with Gasteiger partial charge in [0, 0.05) is 57.4 Å². The van der Waals surface area contributed by atoms with Crippen molar-refractivity contribution in [2.75, 3.05) is 32.7 Å². The van der Waals surface area contributed by atoms with Crippen LogP contribution in [0.15, 0.2) is 42.9 Å². The Morgan fingerprint density at radius 3 is 2.70 bits per heavy atom. The molecule has 3 aromatic heterocycles. The Balaban J connectivity index is 1.33. The van der Waals surface area contributed by atoms with Crippen LogP contribution < -0.4 is 5.32 Å². The molecule has 8 heteroatoms. The zero-order chi connectivity index (χ0) is 22.8. The van der Waals surface area contributed by atoms with Crippen LogP contribution in [0, 0.1) is 5.92 Å². The topological polar surface area (TPSA) is 78.7 Å². The SMILES string of the molecule is CC(C)N1CCN(CC2CC2)CC1c1nnc2ccc(C(=O)NCCc3ccncc3)cn12. The predicted octanol–water partition coefficient (Wildman–Crippen LogP) is 2.57. The smallest absolute Gasteiger partial charge is 0.252 e. The van der Waals surface area contributed by atoms with Crippen LogP contribution >= 0.6 is 0 Å². The van der Waals surface area contributed by atoms with E-state index in [1.165, 1.54) is 19.4 Å². The summed E-state index contributed by atoms with van der Waals surface area (Å²) in [5.74, 6) is 1.71. The van der Waals surface area contributed by atoms with Gasteiger partial charge in [-0.2, -0.15) is 0 Å². The van der Waals surface area contributed by atoms with Crippen molar-refractivity contribution < 1.29 is 4.79 Å². The third kappa shape index (κ3) is 5.07. The van der Waals surface area contributed by atoms with E-state index < -0.39 is 0 Å². The van der Waals surface area contributed by atoms with E-state index in [2.05, 4.69) is 44.1 Å².